The van der Waals surface area contributed by atoms with Crippen molar-refractivity contribution in [2.75, 3.05) is 19.0 Å². The van der Waals surface area contributed by atoms with Crippen molar-refractivity contribution in [3.63, 3.8) is 0 Å². The van der Waals surface area contributed by atoms with Gasteiger partial charge in [0.1, 0.15) is 41.9 Å². The maximum absolute atomic E-state index is 10.3. The van der Waals surface area contributed by atoms with Crippen LogP contribution < -0.4 is 10.1 Å². The molecule has 0 spiro atoms. The van der Waals surface area contributed by atoms with Crippen LogP contribution in [0.4, 0.5) is 5.82 Å². The number of aromatic hydroxyl groups is 2. The molecule has 160 valence electrons. The number of aromatic nitrogens is 4. The molecule has 12 nitrogen and oxygen atoms in total. The fourth-order valence-electron chi connectivity index (χ4n) is 3.43. The zero-order valence-electron chi connectivity index (χ0n) is 15.9. The molecule has 1 saturated heterocycles. The summed E-state index contributed by atoms with van der Waals surface area (Å²) in [7, 11) is 1.42. The van der Waals surface area contributed by atoms with Crippen molar-refractivity contribution in [3.8, 4) is 17.2 Å². The van der Waals surface area contributed by atoms with Crippen LogP contribution in [0.3, 0.4) is 0 Å². The number of hydrogen-bond donors (Lipinski definition) is 6. The molecule has 2 aromatic heterocycles. The van der Waals surface area contributed by atoms with E-state index in [1.165, 1.54) is 36.5 Å². The van der Waals surface area contributed by atoms with Gasteiger partial charge in [-0.05, 0) is 0 Å². The highest BCUT2D eigenvalue weighted by atomic mass is 16.6. The van der Waals surface area contributed by atoms with Crippen molar-refractivity contribution < 1.29 is 35.0 Å². The van der Waals surface area contributed by atoms with E-state index in [4.69, 9.17) is 9.47 Å². The Kier molecular flexibility index (Phi) is 5.30. The SMILES string of the molecule is COc1cc(O)cc(O)c1CNc1ncnc2c1ncn2C1O[C@H](CO)[C@@H](O)[C@H]1O. The first-order valence-electron chi connectivity index (χ1n) is 9.07. The van der Waals surface area contributed by atoms with Crippen molar-refractivity contribution in [1.82, 2.24) is 19.5 Å². The molecule has 1 aromatic carbocycles. The Morgan fingerprint density at radius 2 is 1.97 bits per heavy atom. The van der Waals surface area contributed by atoms with Gasteiger partial charge < -0.3 is 40.3 Å². The van der Waals surface area contributed by atoms with Gasteiger partial charge in [0.2, 0.25) is 0 Å². The van der Waals surface area contributed by atoms with E-state index < -0.39 is 31.1 Å². The van der Waals surface area contributed by atoms with E-state index in [0.29, 0.717) is 28.3 Å². The van der Waals surface area contributed by atoms with Crippen molar-refractivity contribution >= 4 is 17.0 Å². The third-order valence-corrected chi connectivity index (χ3v) is 4.97. The molecule has 30 heavy (non-hydrogen) atoms. The number of phenols is 2. The van der Waals surface area contributed by atoms with Crippen LogP contribution in [0.15, 0.2) is 24.8 Å². The minimum Gasteiger partial charge on any atom is -0.508 e. The summed E-state index contributed by atoms with van der Waals surface area (Å²) in [4.78, 5) is 12.6. The number of rotatable bonds is 6. The fraction of sp³-hybridized carbons (Fsp3) is 0.389. The highest BCUT2D eigenvalue weighted by molar-refractivity contribution is 5.82. The molecule has 1 unspecified atom stereocenters. The molecule has 0 aliphatic carbocycles. The topological polar surface area (TPSA) is 175 Å². The summed E-state index contributed by atoms with van der Waals surface area (Å²) in [5.41, 5.74) is 1.11. The molecule has 1 aliphatic rings. The lowest BCUT2D eigenvalue weighted by Gasteiger charge is -2.16. The molecule has 0 radical (unpaired) electrons. The second-order valence-corrected chi connectivity index (χ2v) is 6.77. The first kappa shape index (κ1) is 20.1. The number of anilines is 1. The molecule has 0 amide bonds. The maximum Gasteiger partial charge on any atom is 0.167 e. The van der Waals surface area contributed by atoms with Crippen LogP contribution in [0.25, 0.3) is 11.2 Å². The van der Waals surface area contributed by atoms with E-state index in [2.05, 4.69) is 20.3 Å². The zero-order valence-corrected chi connectivity index (χ0v) is 15.9. The Bertz CT molecular complexity index is 1060. The number of fused-ring (bicyclic) bond motifs is 1. The Morgan fingerprint density at radius 1 is 1.17 bits per heavy atom. The number of aliphatic hydroxyl groups excluding tert-OH is 3. The Morgan fingerprint density at radius 3 is 2.67 bits per heavy atom. The van der Waals surface area contributed by atoms with Crippen LogP contribution in [0.5, 0.6) is 17.2 Å². The number of ether oxygens (including phenoxy) is 2. The number of imidazole rings is 1. The molecule has 3 heterocycles. The van der Waals surface area contributed by atoms with Gasteiger partial charge in [-0.2, -0.15) is 0 Å². The minimum absolute atomic E-state index is 0.113. The van der Waals surface area contributed by atoms with Gasteiger partial charge >= 0.3 is 0 Å². The van der Waals surface area contributed by atoms with Crippen LogP contribution in [-0.2, 0) is 11.3 Å². The number of nitrogens with one attached hydrogen (secondary N) is 1. The quantitative estimate of drug-likeness (QED) is 0.303. The second kappa shape index (κ2) is 7.91. The molecular weight excluding hydrogens is 398 g/mol. The molecule has 6 N–H and O–H groups in total. The van der Waals surface area contributed by atoms with E-state index in [1.807, 2.05) is 0 Å². The van der Waals surface area contributed by atoms with Gasteiger partial charge in [0.25, 0.3) is 0 Å². The molecule has 3 aromatic rings. The van der Waals surface area contributed by atoms with E-state index >= 15 is 0 Å². The zero-order chi connectivity index (χ0) is 21.4. The number of aliphatic hydroxyl groups is 3. The van der Waals surface area contributed by atoms with Gasteiger partial charge in [-0.25, -0.2) is 15.0 Å². The Hall–Kier alpha value is -3.19. The van der Waals surface area contributed by atoms with E-state index in [9.17, 15) is 25.5 Å². The first-order valence-corrected chi connectivity index (χ1v) is 9.07. The normalized spacial score (nSPS) is 23.7. The first-order chi connectivity index (χ1) is 14.4. The van der Waals surface area contributed by atoms with E-state index in [0.717, 1.165) is 0 Å². The summed E-state index contributed by atoms with van der Waals surface area (Å²) in [5, 5.41) is 52.3. The van der Waals surface area contributed by atoms with Gasteiger partial charge in [0, 0.05) is 18.7 Å². The second-order valence-electron chi connectivity index (χ2n) is 6.77. The highest BCUT2D eigenvalue weighted by Gasteiger charge is 2.44. The summed E-state index contributed by atoms with van der Waals surface area (Å²) >= 11 is 0. The maximum atomic E-state index is 10.3. The van der Waals surface area contributed by atoms with Gasteiger partial charge in [-0.15, -0.1) is 0 Å². The van der Waals surface area contributed by atoms with Crippen LogP contribution in [0, 0.1) is 0 Å². The number of nitrogens with zero attached hydrogens (tertiary/aromatic N) is 4. The summed E-state index contributed by atoms with van der Waals surface area (Å²) < 4.78 is 12.2. The number of phenolic OH excluding ortho intramolecular Hbond substituents is 2. The third-order valence-electron chi connectivity index (χ3n) is 4.97. The minimum atomic E-state index is -1.27. The summed E-state index contributed by atoms with van der Waals surface area (Å²) in [5.74, 6) is 0.360. The average molecular weight is 419 g/mol. The van der Waals surface area contributed by atoms with Crippen LogP contribution in [-0.4, -0.2) is 77.1 Å². The molecule has 0 bridgehead atoms. The average Bonchev–Trinajstić information content (AvgIpc) is 3.28. The highest BCUT2D eigenvalue weighted by Crippen LogP contribution is 2.34. The molecule has 0 saturated carbocycles. The molecule has 1 fully saturated rings. The molecule has 4 atom stereocenters. The van der Waals surface area contributed by atoms with Crippen molar-refractivity contribution in [2.45, 2.75) is 31.1 Å². The van der Waals surface area contributed by atoms with Crippen molar-refractivity contribution in [1.29, 1.82) is 0 Å². The van der Waals surface area contributed by atoms with Crippen LogP contribution in [0.1, 0.15) is 11.8 Å². The lowest BCUT2D eigenvalue weighted by Crippen LogP contribution is -2.33. The van der Waals surface area contributed by atoms with Gasteiger partial charge in [0.05, 0.1) is 25.6 Å². The van der Waals surface area contributed by atoms with Crippen molar-refractivity contribution in [3.05, 3.63) is 30.4 Å². The van der Waals surface area contributed by atoms with E-state index in [-0.39, 0.29) is 18.0 Å². The predicted molar refractivity (Wildman–Crippen MR) is 102 cm³/mol. The monoisotopic (exact) mass is 419 g/mol. The van der Waals surface area contributed by atoms with Crippen LogP contribution >= 0.6 is 0 Å². The summed E-state index contributed by atoms with van der Waals surface area (Å²) in [6.45, 7) is -0.330. The number of hydrogen-bond acceptors (Lipinski definition) is 11. The lowest BCUT2D eigenvalue weighted by molar-refractivity contribution is -0.0511. The largest absolute Gasteiger partial charge is 0.508 e. The molecular formula is C18H21N5O7. The smallest absolute Gasteiger partial charge is 0.167 e. The summed E-state index contributed by atoms with van der Waals surface area (Å²) in [6.07, 6.45) is -1.74. The lowest BCUT2D eigenvalue weighted by atomic mass is 10.1. The van der Waals surface area contributed by atoms with Gasteiger partial charge in [-0.1, -0.05) is 0 Å². The van der Waals surface area contributed by atoms with Gasteiger partial charge in [0.15, 0.2) is 23.2 Å². The molecule has 12 heteroatoms. The molecule has 4 rings (SSSR count). The third kappa shape index (κ3) is 3.35. The summed E-state index contributed by atoms with van der Waals surface area (Å²) in [6, 6.07) is 2.58. The van der Waals surface area contributed by atoms with E-state index in [1.54, 1.807) is 0 Å². The number of methoxy groups -OCH3 is 1. The predicted octanol–water partition coefficient (Wildman–Crippen LogP) is -0.530. The Labute approximate surface area is 170 Å². The van der Waals surface area contributed by atoms with Crippen molar-refractivity contribution in [2.24, 2.45) is 0 Å². The fourth-order valence-corrected chi connectivity index (χ4v) is 3.43. The Balaban J connectivity index is 1.62. The standard InChI is InChI=1S/C18H21N5O7/c1-29-11-3-8(25)2-10(26)9(11)4-19-16-13-17(21-6-20-16)23(7-22-13)18-15(28)14(27)12(5-24)30-18/h2-3,6-7,12,14-15,18,24-28H,4-5H2,1H3,(H,19,20,21)/t12-,14-,15-,18?/m1/s1. The van der Waals surface area contributed by atoms with Crippen LogP contribution in [0.2, 0.25) is 0 Å². The molecule has 1 aliphatic heterocycles. The van der Waals surface area contributed by atoms with Gasteiger partial charge in [-0.3, -0.25) is 4.57 Å². The number of benzene rings is 1.